The van der Waals surface area contributed by atoms with E-state index in [1.807, 2.05) is 7.05 Å². The molecular formula is C20H23F2N3O3. The highest BCUT2D eigenvalue weighted by atomic mass is 19.1. The van der Waals surface area contributed by atoms with Crippen LogP contribution < -0.4 is 14.8 Å². The summed E-state index contributed by atoms with van der Waals surface area (Å²) < 4.78 is 40.2. The molecule has 1 saturated heterocycles. The van der Waals surface area contributed by atoms with E-state index >= 15 is 0 Å². The summed E-state index contributed by atoms with van der Waals surface area (Å²) in [4.78, 5) is 17.4. The Kier molecular flexibility index (Phi) is 6.21. The first kappa shape index (κ1) is 20.2. The molecule has 0 saturated carbocycles. The predicted octanol–water partition coefficient (Wildman–Crippen LogP) is 2.44. The van der Waals surface area contributed by atoms with Crippen molar-refractivity contribution in [2.45, 2.75) is 13.0 Å². The topological polar surface area (TPSA) is 63.7 Å². The molecule has 1 N–H and O–H groups in total. The Morgan fingerprint density at radius 2 is 2.18 bits per heavy atom. The standard InChI is InChI=1S/C20H23F2N3O3/c1-12-18(17-15(21)5-4-6-16(17)27-3)24-20(22)14(10-26)19(12)28-11-13-9-23-7-8-25(13)2/h4-6,10,13,23H,7-9,11H2,1-3H3. The molecule has 1 unspecified atom stereocenters. The Morgan fingerprint density at radius 1 is 1.39 bits per heavy atom. The van der Waals surface area contributed by atoms with Gasteiger partial charge in [0.2, 0.25) is 5.95 Å². The third kappa shape index (κ3) is 3.83. The van der Waals surface area contributed by atoms with Gasteiger partial charge in [-0.15, -0.1) is 0 Å². The molecule has 1 aliphatic heterocycles. The van der Waals surface area contributed by atoms with Crippen molar-refractivity contribution in [3.05, 3.63) is 41.1 Å². The summed E-state index contributed by atoms with van der Waals surface area (Å²) in [7, 11) is 3.37. The summed E-state index contributed by atoms with van der Waals surface area (Å²) in [5.74, 6) is -1.32. The molecule has 0 aliphatic carbocycles. The summed E-state index contributed by atoms with van der Waals surface area (Å²) in [5, 5.41) is 3.27. The van der Waals surface area contributed by atoms with Gasteiger partial charge in [-0.2, -0.15) is 4.39 Å². The normalized spacial score (nSPS) is 17.4. The summed E-state index contributed by atoms with van der Waals surface area (Å²) >= 11 is 0. The van der Waals surface area contributed by atoms with Gasteiger partial charge >= 0.3 is 0 Å². The quantitative estimate of drug-likeness (QED) is 0.603. The van der Waals surface area contributed by atoms with E-state index in [0.29, 0.717) is 18.4 Å². The van der Waals surface area contributed by atoms with E-state index in [1.54, 1.807) is 13.0 Å². The lowest BCUT2D eigenvalue weighted by Crippen LogP contribution is -2.51. The summed E-state index contributed by atoms with van der Waals surface area (Å²) in [6, 6.07) is 4.37. The average Bonchev–Trinajstić information content (AvgIpc) is 2.69. The zero-order valence-electron chi connectivity index (χ0n) is 16.1. The van der Waals surface area contributed by atoms with Gasteiger partial charge in [-0.3, -0.25) is 9.69 Å². The molecule has 1 fully saturated rings. The molecule has 1 atom stereocenters. The molecule has 1 aliphatic rings. The zero-order valence-corrected chi connectivity index (χ0v) is 16.1. The van der Waals surface area contributed by atoms with E-state index in [9.17, 15) is 13.6 Å². The Labute approximate surface area is 162 Å². The molecule has 8 heteroatoms. The number of piperazine rings is 1. The largest absolute Gasteiger partial charge is 0.496 e. The number of methoxy groups -OCH3 is 1. The van der Waals surface area contributed by atoms with Crippen LogP contribution in [0.15, 0.2) is 18.2 Å². The summed E-state index contributed by atoms with van der Waals surface area (Å²) in [6.07, 6.45) is 0.371. The van der Waals surface area contributed by atoms with Crippen molar-refractivity contribution in [2.24, 2.45) is 0 Å². The fraction of sp³-hybridized carbons (Fsp3) is 0.400. The maximum absolute atomic E-state index is 14.6. The number of nitrogens with zero attached hydrogens (tertiary/aromatic N) is 2. The van der Waals surface area contributed by atoms with Crippen LogP contribution in [-0.2, 0) is 0 Å². The number of aldehydes is 1. The third-order valence-electron chi connectivity index (χ3n) is 4.99. The molecule has 2 aromatic rings. The van der Waals surface area contributed by atoms with Gasteiger partial charge in [-0.25, -0.2) is 9.37 Å². The van der Waals surface area contributed by atoms with Crippen molar-refractivity contribution < 1.29 is 23.0 Å². The monoisotopic (exact) mass is 391 g/mol. The maximum Gasteiger partial charge on any atom is 0.227 e. The van der Waals surface area contributed by atoms with Crippen LogP contribution in [0.3, 0.4) is 0 Å². The number of nitrogens with one attached hydrogen (secondary N) is 1. The Bertz CT molecular complexity index is 876. The third-order valence-corrected chi connectivity index (χ3v) is 4.99. The van der Waals surface area contributed by atoms with Gasteiger partial charge in [0.25, 0.3) is 0 Å². The van der Waals surface area contributed by atoms with Gasteiger partial charge in [0.15, 0.2) is 6.29 Å². The highest BCUT2D eigenvalue weighted by molar-refractivity contribution is 5.83. The second-order valence-corrected chi connectivity index (χ2v) is 6.70. The van der Waals surface area contributed by atoms with Crippen LogP contribution in [0.4, 0.5) is 8.78 Å². The molecule has 0 bridgehead atoms. The number of halogens is 2. The fourth-order valence-corrected chi connectivity index (χ4v) is 3.31. The SMILES string of the molecule is COc1cccc(F)c1-c1nc(F)c(C=O)c(OCC2CNCCN2C)c1C. The zero-order chi connectivity index (χ0) is 20.3. The first-order valence-corrected chi connectivity index (χ1v) is 8.99. The van der Waals surface area contributed by atoms with E-state index in [1.165, 1.54) is 19.2 Å². The molecule has 0 radical (unpaired) electrons. The molecule has 0 spiro atoms. The van der Waals surface area contributed by atoms with E-state index in [2.05, 4.69) is 15.2 Å². The van der Waals surface area contributed by atoms with Gasteiger partial charge in [-0.05, 0) is 26.1 Å². The number of pyridine rings is 1. The molecule has 1 aromatic carbocycles. The lowest BCUT2D eigenvalue weighted by molar-refractivity contribution is 0.110. The van der Waals surface area contributed by atoms with Crippen LogP contribution >= 0.6 is 0 Å². The summed E-state index contributed by atoms with van der Waals surface area (Å²) in [6.45, 7) is 4.33. The van der Waals surface area contributed by atoms with Crippen molar-refractivity contribution in [1.82, 2.24) is 15.2 Å². The maximum atomic E-state index is 14.6. The van der Waals surface area contributed by atoms with E-state index in [0.717, 1.165) is 13.1 Å². The molecular weight excluding hydrogens is 368 g/mol. The molecule has 28 heavy (non-hydrogen) atoms. The van der Waals surface area contributed by atoms with Crippen LogP contribution in [-0.4, -0.2) is 62.6 Å². The van der Waals surface area contributed by atoms with Crippen molar-refractivity contribution in [3.63, 3.8) is 0 Å². The van der Waals surface area contributed by atoms with Crippen LogP contribution in [0.25, 0.3) is 11.3 Å². The fourth-order valence-electron chi connectivity index (χ4n) is 3.31. The minimum absolute atomic E-state index is 0.0279. The number of hydrogen-bond acceptors (Lipinski definition) is 6. The van der Waals surface area contributed by atoms with Crippen LogP contribution in [0, 0.1) is 18.7 Å². The van der Waals surface area contributed by atoms with Gasteiger partial charge in [-0.1, -0.05) is 6.07 Å². The molecule has 2 heterocycles. The highest BCUT2D eigenvalue weighted by Crippen LogP contribution is 2.38. The smallest absolute Gasteiger partial charge is 0.227 e. The number of aromatic nitrogens is 1. The molecule has 3 rings (SSSR count). The summed E-state index contributed by atoms with van der Waals surface area (Å²) in [5.41, 5.74) is 0.171. The van der Waals surface area contributed by atoms with Gasteiger partial charge in [0, 0.05) is 25.2 Å². The van der Waals surface area contributed by atoms with Crippen LogP contribution in [0.2, 0.25) is 0 Å². The van der Waals surface area contributed by atoms with Gasteiger partial charge in [0.1, 0.15) is 29.5 Å². The van der Waals surface area contributed by atoms with E-state index in [4.69, 9.17) is 9.47 Å². The van der Waals surface area contributed by atoms with Gasteiger partial charge < -0.3 is 14.8 Å². The number of likely N-dealkylation sites (N-methyl/N-ethyl adjacent to an activating group) is 1. The van der Waals surface area contributed by atoms with Crippen molar-refractivity contribution in [1.29, 1.82) is 0 Å². The molecule has 1 aromatic heterocycles. The van der Waals surface area contributed by atoms with Crippen molar-refractivity contribution in [3.8, 4) is 22.8 Å². The van der Waals surface area contributed by atoms with Crippen LogP contribution in [0.5, 0.6) is 11.5 Å². The first-order chi connectivity index (χ1) is 13.5. The van der Waals surface area contributed by atoms with Crippen molar-refractivity contribution >= 4 is 6.29 Å². The molecule has 150 valence electrons. The molecule has 6 nitrogen and oxygen atoms in total. The minimum Gasteiger partial charge on any atom is -0.496 e. The first-order valence-electron chi connectivity index (χ1n) is 8.99. The number of carbonyl (C=O) groups is 1. The van der Waals surface area contributed by atoms with E-state index < -0.39 is 11.8 Å². The van der Waals surface area contributed by atoms with Crippen LogP contribution in [0.1, 0.15) is 15.9 Å². The second kappa shape index (κ2) is 8.62. The number of benzene rings is 1. The highest BCUT2D eigenvalue weighted by Gasteiger charge is 2.25. The lowest BCUT2D eigenvalue weighted by Gasteiger charge is -2.33. The molecule has 0 amide bonds. The average molecular weight is 391 g/mol. The minimum atomic E-state index is -1.01. The van der Waals surface area contributed by atoms with Crippen molar-refractivity contribution in [2.75, 3.05) is 40.4 Å². The lowest BCUT2D eigenvalue weighted by atomic mass is 10.0. The number of hydrogen-bond donors (Lipinski definition) is 1. The van der Waals surface area contributed by atoms with E-state index in [-0.39, 0.29) is 41.0 Å². The Morgan fingerprint density at radius 3 is 2.86 bits per heavy atom. The Hall–Kier alpha value is -2.58. The number of carbonyl (C=O) groups excluding carboxylic acids is 1. The van der Waals surface area contributed by atoms with Gasteiger partial charge in [0.05, 0.1) is 24.4 Å². The second-order valence-electron chi connectivity index (χ2n) is 6.70. The number of rotatable bonds is 6. The predicted molar refractivity (Wildman–Crippen MR) is 101 cm³/mol. The number of ether oxygens (including phenoxy) is 2. The Balaban J connectivity index is 2.04.